The van der Waals surface area contributed by atoms with E-state index in [0.29, 0.717) is 5.92 Å². The van der Waals surface area contributed by atoms with Gasteiger partial charge in [0.1, 0.15) is 6.04 Å². The van der Waals surface area contributed by atoms with Crippen LogP contribution in [-0.4, -0.2) is 44.8 Å². The molecule has 1 saturated heterocycles. The molecule has 0 unspecified atom stereocenters. The number of nitrogens with zero attached hydrogens (tertiary/aromatic N) is 1. The highest BCUT2D eigenvalue weighted by Gasteiger charge is 2.29. The molecule has 0 spiro atoms. The minimum Gasteiger partial charge on any atom is -0.468 e. The van der Waals surface area contributed by atoms with E-state index in [4.69, 9.17) is 9.47 Å². The summed E-state index contributed by atoms with van der Waals surface area (Å²) in [6.07, 6.45) is 1.05. The van der Waals surface area contributed by atoms with E-state index in [1.54, 1.807) is 0 Å². The fourth-order valence-corrected chi connectivity index (χ4v) is 3.02. The van der Waals surface area contributed by atoms with Crippen molar-refractivity contribution in [1.29, 1.82) is 0 Å². The van der Waals surface area contributed by atoms with Gasteiger partial charge in [-0.2, -0.15) is 0 Å². The van der Waals surface area contributed by atoms with Crippen LogP contribution in [0.1, 0.15) is 18.0 Å². The molecule has 1 aliphatic rings. The predicted octanol–water partition coefficient (Wildman–Crippen LogP) is 2.63. The number of ether oxygens (including phenoxy) is 2. The number of carbonyl (C=O) groups excluding carboxylic acids is 1. The van der Waals surface area contributed by atoms with Gasteiger partial charge in [0, 0.05) is 17.6 Å². The summed E-state index contributed by atoms with van der Waals surface area (Å²) in [5, 5.41) is 0. The van der Waals surface area contributed by atoms with E-state index in [-0.39, 0.29) is 12.0 Å². The first-order valence-corrected chi connectivity index (χ1v) is 7.52. The second-order valence-electron chi connectivity index (χ2n) is 5.15. The molecule has 0 radical (unpaired) electrons. The third-order valence-corrected chi connectivity index (χ3v) is 4.09. The molecule has 1 fully saturated rings. The molecule has 0 aromatic heterocycles. The molecule has 0 N–H and O–H groups in total. The second-order valence-corrected chi connectivity index (χ2v) is 6.07. The molecule has 0 aliphatic carbocycles. The van der Waals surface area contributed by atoms with E-state index in [1.165, 1.54) is 7.11 Å². The number of methoxy groups -OCH3 is 1. The van der Waals surface area contributed by atoms with Crippen molar-refractivity contribution in [2.75, 3.05) is 33.9 Å². The van der Waals surface area contributed by atoms with Crippen LogP contribution in [-0.2, 0) is 14.3 Å². The Bertz CT molecular complexity index is 460. The molecule has 0 amide bonds. The minimum absolute atomic E-state index is 0.232. The molecule has 1 heterocycles. The molecule has 1 aromatic carbocycles. The summed E-state index contributed by atoms with van der Waals surface area (Å²) in [7, 11) is 3.39. The molecule has 0 bridgehead atoms. The van der Waals surface area contributed by atoms with Crippen LogP contribution in [0.5, 0.6) is 0 Å². The van der Waals surface area contributed by atoms with Gasteiger partial charge in [-0.1, -0.05) is 28.1 Å². The summed E-state index contributed by atoms with van der Waals surface area (Å²) in [4.78, 5) is 14.2. The molecule has 110 valence electrons. The lowest BCUT2D eigenvalue weighted by atomic mass is 10.0. The van der Waals surface area contributed by atoms with Gasteiger partial charge in [-0.3, -0.25) is 4.90 Å². The van der Waals surface area contributed by atoms with Gasteiger partial charge in [0.2, 0.25) is 0 Å². The van der Waals surface area contributed by atoms with E-state index in [0.717, 1.165) is 36.2 Å². The largest absolute Gasteiger partial charge is 0.468 e. The van der Waals surface area contributed by atoms with Gasteiger partial charge in [-0.15, -0.1) is 0 Å². The lowest BCUT2D eigenvalue weighted by Gasteiger charge is -2.28. The summed E-state index contributed by atoms with van der Waals surface area (Å²) < 4.78 is 11.3. The number of esters is 1. The van der Waals surface area contributed by atoms with Crippen molar-refractivity contribution in [3.05, 3.63) is 34.3 Å². The Labute approximate surface area is 128 Å². The van der Waals surface area contributed by atoms with Gasteiger partial charge in [0.25, 0.3) is 0 Å². The van der Waals surface area contributed by atoms with Crippen LogP contribution < -0.4 is 0 Å². The Morgan fingerprint density at radius 1 is 1.60 bits per heavy atom. The number of halogens is 1. The van der Waals surface area contributed by atoms with Crippen molar-refractivity contribution in [2.45, 2.75) is 12.5 Å². The van der Waals surface area contributed by atoms with Crippen molar-refractivity contribution >= 4 is 21.9 Å². The smallest absolute Gasteiger partial charge is 0.327 e. The van der Waals surface area contributed by atoms with E-state index < -0.39 is 0 Å². The number of hydrogen-bond acceptors (Lipinski definition) is 4. The van der Waals surface area contributed by atoms with E-state index in [1.807, 2.05) is 36.2 Å². The van der Waals surface area contributed by atoms with Crippen LogP contribution >= 0.6 is 15.9 Å². The van der Waals surface area contributed by atoms with Crippen LogP contribution in [0.15, 0.2) is 28.7 Å². The molecule has 1 aromatic rings. The first-order valence-electron chi connectivity index (χ1n) is 6.73. The standard InChI is InChI=1S/C15H20BrNO3/c1-17(9-11-6-7-20-10-11)14(15(18)19-2)12-4-3-5-13(16)8-12/h3-5,8,11,14H,6-7,9-10H2,1-2H3/t11-,14-/m1/s1. The molecular formula is C15H20BrNO3. The zero-order valence-electron chi connectivity index (χ0n) is 11.8. The van der Waals surface area contributed by atoms with Crippen molar-refractivity contribution in [3.8, 4) is 0 Å². The minimum atomic E-state index is -0.377. The molecule has 0 saturated carbocycles. The van der Waals surface area contributed by atoms with Gasteiger partial charge in [0.05, 0.1) is 13.7 Å². The van der Waals surface area contributed by atoms with E-state index in [2.05, 4.69) is 15.9 Å². The Morgan fingerprint density at radius 3 is 3.00 bits per heavy atom. The molecule has 20 heavy (non-hydrogen) atoms. The second kappa shape index (κ2) is 7.20. The Hall–Kier alpha value is -0.910. The van der Waals surface area contributed by atoms with Crippen molar-refractivity contribution in [1.82, 2.24) is 4.90 Å². The van der Waals surface area contributed by atoms with Crippen LogP contribution in [0.3, 0.4) is 0 Å². The number of hydrogen-bond donors (Lipinski definition) is 0. The van der Waals surface area contributed by atoms with Gasteiger partial charge in [-0.25, -0.2) is 4.79 Å². The van der Waals surface area contributed by atoms with E-state index in [9.17, 15) is 4.79 Å². The number of likely N-dealkylation sites (N-methyl/N-ethyl adjacent to an activating group) is 1. The molecule has 2 atom stereocenters. The maximum Gasteiger partial charge on any atom is 0.327 e. The molecule has 2 rings (SSSR count). The number of benzene rings is 1. The summed E-state index contributed by atoms with van der Waals surface area (Å²) in [6.45, 7) is 2.42. The first kappa shape index (κ1) is 15.5. The van der Waals surface area contributed by atoms with Gasteiger partial charge in [0.15, 0.2) is 0 Å². The SMILES string of the molecule is COC(=O)[C@@H](c1cccc(Br)c1)N(C)C[C@H]1CCOC1. The van der Waals surface area contributed by atoms with Gasteiger partial charge < -0.3 is 9.47 Å². The van der Waals surface area contributed by atoms with Gasteiger partial charge in [-0.05, 0) is 37.1 Å². The molecular weight excluding hydrogens is 322 g/mol. The summed E-state index contributed by atoms with van der Waals surface area (Å²) in [5.41, 5.74) is 0.938. The number of carbonyl (C=O) groups is 1. The lowest BCUT2D eigenvalue weighted by molar-refractivity contribution is -0.147. The number of rotatable bonds is 5. The fraction of sp³-hybridized carbons (Fsp3) is 0.533. The van der Waals surface area contributed by atoms with Crippen molar-refractivity contribution in [2.24, 2.45) is 5.92 Å². The topological polar surface area (TPSA) is 38.8 Å². The maximum absolute atomic E-state index is 12.1. The van der Waals surface area contributed by atoms with Crippen molar-refractivity contribution < 1.29 is 14.3 Å². The fourth-order valence-electron chi connectivity index (χ4n) is 2.60. The predicted molar refractivity (Wildman–Crippen MR) is 80.5 cm³/mol. The summed E-state index contributed by atoms with van der Waals surface area (Å²) >= 11 is 3.45. The zero-order chi connectivity index (χ0) is 14.5. The third kappa shape index (κ3) is 3.81. The molecule has 5 heteroatoms. The average Bonchev–Trinajstić information content (AvgIpc) is 2.91. The highest BCUT2D eigenvalue weighted by atomic mass is 79.9. The molecule has 4 nitrogen and oxygen atoms in total. The van der Waals surface area contributed by atoms with Gasteiger partial charge >= 0.3 is 5.97 Å². The summed E-state index contributed by atoms with van der Waals surface area (Å²) in [5.74, 6) is 0.254. The lowest BCUT2D eigenvalue weighted by Crippen LogP contribution is -2.35. The monoisotopic (exact) mass is 341 g/mol. The highest BCUT2D eigenvalue weighted by Crippen LogP contribution is 2.26. The Balaban J connectivity index is 2.16. The first-order chi connectivity index (χ1) is 9.61. The third-order valence-electron chi connectivity index (χ3n) is 3.60. The highest BCUT2D eigenvalue weighted by molar-refractivity contribution is 9.10. The van der Waals surface area contributed by atoms with E-state index >= 15 is 0 Å². The maximum atomic E-state index is 12.1. The van der Waals surface area contributed by atoms with Crippen LogP contribution in [0.25, 0.3) is 0 Å². The molecule has 1 aliphatic heterocycles. The Kier molecular flexibility index (Phi) is 5.57. The average molecular weight is 342 g/mol. The zero-order valence-corrected chi connectivity index (χ0v) is 13.4. The van der Waals surface area contributed by atoms with Crippen LogP contribution in [0.4, 0.5) is 0 Å². The summed E-state index contributed by atoms with van der Waals surface area (Å²) in [6, 6.07) is 7.42. The van der Waals surface area contributed by atoms with Crippen LogP contribution in [0.2, 0.25) is 0 Å². The Morgan fingerprint density at radius 2 is 2.40 bits per heavy atom. The van der Waals surface area contributed by atoms with Crippen molar-refractivity contribution in [3.63, 3.8) is 0 Å². The quantitative estimate of drug-likeness (QED) is 0.771. The van der Waals surface area contributed by atoms with Crippen LogP contribution in [0, 0.1) is 5.92 Å². The normalized spacial score (nSPS) is 20.1.